The van der Waals surface area contributed by atoms with Crippen LogP contribution in [0.2, 0.25) is 0 Å². The van der Waals surface area contributed by atoms with Crippen molar-refractivity contribution in [1.82, 2.24) is 0 Å². The number of nitrogens with zero attached hydrogens (tertiary/aromatic N) is 2. The lowest BCUT2D eigenvalue weighted by atomic mass is 9.97. The molecule has 1 unspecified atom stereocenters. The third kappa shape index (κ3) is 2.75. The van der Waals surface area contributed by atoms with Gasteiger partial charge < -0.3 is 19.6 Å². The standard InChI is InChI=1S/C14H20N2O3/c1-10-9-16(7-6-12(10)15-17)13-8-11(18-2)4-5-14(13)19-3/h4-5,8,10,17H,6-7,9H2,1-3H3/b15-12-. The third-order valence-corrected chi connectivity index (χ3v) is 3.56. The molecule has 1 fully saturated rings. The molecule has 1 aromatic rings. The van der Waals surface area contributed by atoms with E-state index in [1.807, 2.05) is 18.2 Å². The first-order chi connectivity index (χ1) is 9.19. The molecule has 1 atom stereocenters. The molecule has 1 aromatic carbocycles. The Morgan fingerprint density at radius 2 is 2.11 bits per heavy atom. The van der Waals surface area contributed by atoms with Crippen LogP contribution in [0.1, 0.15) is 13.3 Å². The van der Waals surface area contributed by atoms with Crippen LogP contribution in [0.4, 0.5) is 5.69 Å². The van der Waals surface area contributed by atoms with Crippen LogP contribution >= 0.6 is 0 Å². The first-order valence-electron chi connectivity index (χ1n) is 6.37. The number of oxime groups is 1. The number of rotatable bonds is 3. The van der Waals surface area contributed by atoms with Crippen molar-refractivity contribution < 1.29 is 14.7 Å². The highest BCUT2D eigenvalue weighted by atomic mass is 16.5. The van der Waals surface area contributed by atoms with E-state index in [0.29, 0.717) is 0 Å². The highest BCUT2D eigenvalue weighted by molar-refractivity contribution is 5.88. The van der Waals surface area contributed by atoms with E-state index in [1.165, 1.54) is 0 Å². The Bertz CT molecular complexity index is 474. The maximum absolute atomic E-state index is 8.93. The molecule has 0 aliphatic carbocycles. The van der Waals surface area contributed by atoms with Gasteiger partial charge in [0.1, 0.15) is 11.5 Å². The Balaban J connectivity index is 2.26. The first-order valence-corrected chi connectivity index (χ1v) is 6.37. The smallest absolute Gasteiger partial charge is 0.142 e. The van der Waals surface area contributed by atoms with Crippen LogP contribution in [0.25, 0.3) is 0 Å². The lowest BCUT2D eigenvalue weighted by molar-refractivity contribution is 0.312. The molecule has 5 heteroatoms. The van der Waals surface area contributed by atoms with E-state index in [4.69, 9.17) is 14.7 Å². The van der Waals surface area contributed by atoms with E-state index in [1.54, 1.807) is 14.2 Å². The summed E-state index contributed by atoms with van der Waals surface area (Å²) >= 11 is 0. The van der Waals surface area contributed by atoms with Gasteiger partial charge in [0.15, 0.2) is 0 Å². The fourth-order valence-electron chi connectivity index (χ4n) is 2.43. The number of methoxy groups -OCH3 is 2. The minimum Gasteiger partial charge on any atom is -0.497 e. The van der Waals surface area contributed by atoms with Gasteiger partial charge in [0.2, 0.25) is 0 Å². The van der Waals surface area contributed by atoms with Crippen molar-refractivity contribution in [2.45, 2.75) is 13.3 Å². The summed E-state index contributed by atoms with van der Waals surface area (Å²) in [4.78, 5) is 2.24. The monoisotopic (exact) mass is 264 g/mol. The van der Waals surface area contributed by atoms with Crippen molar-refractivity contribution in [3.8, 4) is 11.5 Å². The molecule has 1 heterocycles. The molecule has 1 N–H and O–H groups in total. The average Bonchev–Trinajstić information content (AvgIpc) is 2.46. The first kappa shape index (κ1) is 13.5. The molecule has 0 amide bonds. The molecule has 1 saturated heterocycles. The minimum atomic E-state index is 0.231. The van der Waals surface area contributed by atoms with Crippen LogP contribution in [0.3, 0.4) is 0 Å². The van der Waals surface area contributed by atoms with Crippen LogP contribution < -0.4 is 14.4 Å². The van der Waals surface area contributed by atoms with E-state index in [2.05, 4.69) is 17.0 Å². The fourth-order valence-corrected chi connectivity index (χ4v) is 2.43. The van der Waals surface area contributed by atoms with E-state index in [0.717, 1.165) is 42.4 Å². The van der Waals surface area contributed by atoms with Gasteiger partial charge in [-0.25, -0.2) is 0 Å². The van der Waals surface area contributed by atoms with Crippen molar-refractivity contribution in [3.63, 3.8) is 0 Å². The van der Waals surface area contributed by atoms with Crippen LogP contribution in [-0.2, 0) is 0 Å². The van der Waals surface area contributed by atoms with E-state index in [-0.39, 0.29) is 5.92 Å². The molecule has 0 bridgehead atoms. The van der Waals surface area contributed by atoms with Gasteiger partial charge in [-0.05, 0) is 12.1 Å². The van der Waals surface area contributed by atoms with Gasteiger partial charge in [0, 0.05) is 31.5 Å². The average molecular weight is 264 g/mol. The van der Waals surface area contributed by atoms with Crippen LogP contribution in [0.5, 0.6) is 11.5 Å². The molecule has 104 valence electrons. The zero-order valence-corrected chi connectivity index (χ0v) is 11.6. The van der Waals surface area contributed by atoms with Gasteiger partial charge in [-0.15, -0.1) is 0 Å². The summed E-state index contributed by atoms with van der Waals surface area (Å²) in [6, 6.07) is 5.78. The second-order valence-corrected chi connectivity index (χ2v) is 4.73. The van der Waals surface area contributed by atoms with Gasteiger partial charge in [-0.3, -0.25) is 0 Å². The predicted molar refractivity (Wildman–Crippen MR) is 74.8 cm³/mol. The summed E-state index contributed by atoms with van der Waals surface area (Å²) in [5.74, 6) is 1.87. The van der Waals surface area contributed by atoms with Crippen molar-refractivity contribution in [3.05, 3.63) is 18.2 Å². The summed E-state index contributed by atoms with van der Waals surface area (Å²) in [6.07, 6.45) is 0.762. The SMILES string of the molecule is COc1ccc(OC)c(N2CC/C(=N/O)C(C)C2)c1. The van der Waals surface area contributed by atoms with Crippen LogP contribution in [-0.4, -0.2) is 38.2 Å². The Hall–Kier alpha value is -1.91. The molecule has 1 aliphatic rings. The molecule has 19 heavy (non-hydrogen) atoms. The van der Waals surface area contributed by atoms with E-state index in [9.17, 15) is 0 Å². The van der Waals surface area contributed by atoms with Gasteiger partial charge in [-0.1, -0.05) is 12.1 Å². The lowest BCUT2D eigenvalue weighted by Crippen LogP contribution is -2.39. The fraction of sp³-hybridized carbons (Fsp3) is 0.500. The summed E-state index contributed by atoms with van der Waals surface area (Å²) in [5, 5.41) is 12.3. The Kier molecular flexibility index (Phi) is 4.14. The van der Waals surface area contributed by atoms with Crippen molar-refractivity contribution in [2.24, 2.45) is 11.1 Å². The number of anilines is 1. The second-order valence-electron chi connectivity index (χ2n) is 4.73. The normalized spacial score (nSPS) is 21.5. The minimum absolute atomic E-state index is 0.231. The van der Waals surface area contributed by atoms with E-state index >= 15 is 0 Å². The molecule has 2 rings (SSSR count). The molecule has 0 spiro atoms. The topological polar surface area (TPSA) is 54.3 Å². The summed E-state index contributed by atoms with van der Waals surface area (Å²) < 4.78 is 10.7. The molecule has 5 nitrogen and oxygen atoms in total. The molecule has 0 radical (unpaired) electrons. The molecule has 0 aromatic heterocycles. The summed E-state index contributed by atoms with van der Waals surface area (Å²) in [6.45, 7) is 3.68. The zero-order valence-electron chi connectivity index (χ0n) is 11.6. The predicted octanol–water partition coefficient (Wildman–Crippen LogP) is 2.38. The summed E-state index contributed by atoms with van der Waals surface area (Å²) in [5.41, 5.74) is 1.88. The summed E-state index contributed by atoms with van der Waals surface area (Å²) in [7, 11) is 3.32. The number of piperidine rings is 1. The third-order valence-electron chi connectivity index (χ3n) is 3.56. The van der Waals surface area contributed by atoms with Gasteiger partial charge >= 0.3 is 0 Å². The number of hydrogen-bond acceptors (Lipinski definition) is 5. The van der Waals surface area contributed by atoms with Gasteiger partial charge in [0.25, 0.3) is 0 Å². The molecule has 1 aliphatic heterocycles. The Morgan fingerprint density at radius 1 is 1.32 bits per heavy atom. The molecular formula is C14H20N2O3. The van der Waals surface area contributed by atoms with Crippen molar-refractivity contribution in [1.29, 1.82) is 0 Å². The van der Waals surface area contributed by atoms with Crippen LogP contribution in [0.15, 0.2) is 23.4 Å². The lowest BCUT2D eigenvalue weighted by Gasteiger charge is -2.34. The maximum atomic E-state index is 8.93. The molecule has 0 saturated carbocycles. The van der Waals surface area contributed by atoms with Crippen molar-refractivity contribution in [2.75, 3.05) is 32.2 Å². The van der Waals surface area contributed by atoms with Gasteiger partial charge in [0.05, 0.1) is 25.6 Å². The number of hydrogen-bond donors (Lipinski definition) is 1. The zero-order chi connectivity index (χ0) is 13.8. The Morgan fingerprint density at radius 3 is 2.68 bits per heavy atom. The quantitative estimate of drug-likeness (QED) is 0.672. The highest BCUT2D eigenvalue weighted by Crippen LogP contribution is 2.34. The maximum Gasteiger partial charge on any atom is 0.142 e. The Labute approximate surface area is 113 Å². The molecular weight excluding hydrogens is 244 g/mol. The van der Waals surface area contributed by atoms with Crippen LogP contribution in [0, 0.1) is 5.92 Å². The van der Waals surface area contributed by atoms with Crippen molar-refractivity contribution >= 4 is 11.4 Å². The largest absolute Gasteiger partial charge is 0.497 e. The highest BCUT2D eigenvalue weighted by Gasteiger charge is 2.24. The van der Waals surface area contributed by atoms with E-state index < -0.39 is 0 Å². The van der Waals surface area contributed by atoms with Gasteiger partial charge in [-0.2, -0.15) is 0 Å². The second kappa shape index (κ2) is 5.82. The number of benzene rings is 1. The number of ether oxygens (including phenoxy) is 2.